The Balaban J connectivity index is 1.14. The van der Waals surface area contributed by atoms with Gasteiger partial charge in [-0.15, -0.1) is 11.8 Å². The van der Waals surface area contributed by atoms with Crippen molar-refractivity contribution in [2.24, 2.45) is 28.6 Å². The van der Waals surface area contributed by atoms with Gasteiger partial charge in [-0.2, -0.15) is 0 Å². The zero-order valence-electron chi connectivity index (χ0n) is 24.6. The number of fused-ring (bicyclic) bond motifs is 7. The standard InChI is InChI=1S/C35H39NO6S/c1-33-13-12-24(38)15-22(33)8-11-26-27-16-30-35(29(40)18-37,34(27,2)17-28(39)31(26)33)42-32(41-30)21-6-9-25(10-7-21)43-19-20-4-3-5-23(36)14-20/h3-7,9-10,12-15,26-28,30-32,37,39H,8,11,16-19,36H2,1-2H3/t26-,27-,28-,30+,31+,32+,33-,34-,35+/m0/s1. The molecule has 0 aromatic heterocycles. The lowest BCUT2D eigenvalue weighted by molar-refractivity contribution is -0.201. The van der Waals surface area contributed by atoms with Gasteiger partial charge in [-0.25, -0.2) is 0 Å². The molecular formula is C35H39NO6S. The van der Waals surface area contributed by atoms with E-state index < -0.39 is 41.5 Å². The third-order valence-electron chi connectivity index (χ3n) is 11.3. The molecule has 4 N–H and O–H groups in total. The number of anilines is 1. The molecule has 5 aliphatic rings. The number of hydrogen-bond donors (Lipinski definition) is 3. The van der Waals surface area contributed by atoms with Crippen molar-refractivity contribution in [3.05, 3.63) is 83.5 Å². The lowest BCUT2D eigenvalue weighted by Gasteiger charge is -2.59. The maximum atomic E-state index is 13.7. The van der Waals surface area contributed by atoms with Crippen LogP contribution in [0.4, 0.5) is 5.69 Å². The fraction of sp³-hybridized carbons (Fsp3) is 0.486. The topological polar surface area (TPSA) is 119 Å². The molecule has 4 aliphatic carbocycles. The van der Waals surface area contributed by atoms with Crippen LogP contribution in [0.15, 0.2) is 77.2 Å². The van der Waals surface area contributed by atoms with Gasteiger partial charge in [0.15, 0.2) is 23.5 Å². The van der Waals surface area contributed by atoms with E-state index in [1.807, 2.05) is 48.5 Å². The van der Waals surface area contributed by atoms with Crippen LogP contribution in [0.3, 0.4) is 0 Å². The minimum absolute atomic E-state index is 0.00445. The van der Waals surface area contributed by atoms with E-state index in [-0.39, 0.29) is 29.3 Å². The SMILES string of the molecule is C[C@]12C=CC(=O)C=C1CC[C@@H]1[C@@H]2[C@@H](O)C[C@@]2(C)[C@H]1C[C@H]1O[C@@H](c3ccc(SCc4cccc(N)c4)cc3)O[C@]12C(=O)CO. The molecular weight excluding hydrogens is 562 g/mol. The van der Waals surface area contributed by atoms with Gasteiger partial charge in [0.25, 0.3) is 0 Å². The van der Waals surface area contributed by atoms with Gasteiger partial charge in [0.2, 0.25) is 0 Å². The van der Waals surface area contributed by atoms with E-state index in [9.17, 15) is 19.8 Å². The van der Waals surface area contributed by atoms with Gasteiger partial charge in [-0.1, -0.05) is 49.8 Å². The maximum Gasteiger partial charge on any atom is 0.193 e. The van der Waals surface area contributed by atoms with Gasteiger partial charge < -0.3 is 25.4 Å². The van der Waals surface area contributed by atoms with Crippen LogP contribution in [-0.2, 0) is 24.8 Å². The van der Waals surface area contributed by atoms with Crippen LogP contribution in [0.25, 0.3) is 0 Å². The van der Waals surface area contributed by atoms with E-state index in [1.54, 1.807) is 23.9 Å². The Morgan fingerprint density at radius 1 is 1.16 bits per heavy atom. The van der Waals surface area contributed by atoms with Crippen molar-refractivity contribution in [2.45, 2.75) is 74.3 Å². The summed E-state index contributed by atoms with van der Waals surface area (Å²) in [5, 5.41) is 22.0. The first-order valence-electron chi connectivity index (χ1n) is 15.3. The summed E-state index contributed by atoms with van der Waals surface area (Å²) >= 11 is 1.71. The van der Waals surface area contributed by atoms with E-state index in [1.165, 1.54) is 0 Å². The molecule has 0 spiro atoms. The van der Waals surface area contributed by atoms with Crippen LogP contribution in [0.1, 0.15) is 56.9 Å². The average molecular weight is 602 g/mol. The van der Waals surface area contributed by atoms with Crippen molar-refractivity contribution in [2.75, 3.05) is 12.3 Å². The first-order chi connectivity index (χ1) is 20.6. The fourth-order valence-electron chi connectivity index (χ4n) is 9.41. The molecule has 2 aromatic carbocycles. The molecule has 4 fully saturated rings. The van der Waals surface area contributed by atoms with E-state index in [0.29, 0.717) is 12.8 Å². The molecule has 0 radical (unpaired) electrons. The number of nitrogen functional groups attached to an aromatic ring is 1. The summed E-state index contributed by atoms with van der Waals surface area (Å²) in [4.78, 5) is 27.0. The number of ether oxygens (including phenoxy) is 2. The molecule has 8 heteroatoms. The Hall–Kier alpha value is -2.75. The highest BCUT2D eigenvalue weighted by molar-refractivity contribution is 7.98. The molecule has 3 saturated carbocycles. The third-order valence-corrected chi connectivity index (χ3v) is 12.4. The highest BCUT2D eigenvalue weighted by Gasteiger charge is 2.75. The minimum atomic E-state index is -1.35. The van der Waals surface area contributed by atoms with Gasteiger partial charge in [0.05, 0.1) is 12.2 Å². The van der Waals surface area contributed by atoms with Crippen LogP contribution < -0.4 is 5.73 Å². The lowest BCUT2D eigenvalue weighted by Crippen LogP contribution is -2.63. The smallest absolute Gasteiger partial charge is 0.193 e. The molecule has 0 bridgehead atoms. The Morgan fingerprint density at radius 2 is 1.95 bits per heavy atom. The minimum Gasteiger partial charge on any atom is -0.399 e. The van der Waals surface area contributed by atoms with Crippen LogP contribution in [0, 0.1) is 28.6 Å². The average Bonchev–Trinajstić information content (AvgIpc) is 3.49. The van der Waals surface area contributed by atoms with Crippen LogP contribution in [-0.4, -0.2) is 46.2 Å². The summed E-state index contributed by atoms with van der Waals surface area (Å²) in [6, 6.07) is 15.9. The molecule has 1 heterocycles. The summed E-state index contributed by atoms with van der Waals surface area (Å²) in [7, 11) is 0. The maximum absolute atomic E-state index is 13.7. The molecule has 226 valence electrons. The van der Waals surface area contributed by atoms with E-state index >= 15 is 0 Å². The highest BCUT2D eigenvalue weighted by atomic mass is 32.2. The second kappa shape index (κ2) is 10.4. The number of ketones is 2. The fourth-order valence-corrected chi connectivity index (χ4v) is 10.2. The van der Waals surface area contributed by atoms with Gasteiger partial charge in [0, 0.05) is 38.6 Å². The Labute approximate surface area is 256 Å². The van der Waals surface area contributed by atoms with Crippen molar-refractivity contribution < 1.29 is 29.3 Å². The Morgan fingerprint density at radius 3 is 2.70 bits per heavy atom. The van der Waals surface area contributed by atoms with Gasteiger partial charge in [-0.3, -0.25) is 9.59 Å². The second-order valence-corrected chi connectivity index (χ2v) is 14.5. The summed E-state index contributed by atoms with van der Waals surface area (Å²) in [5.74, 6) is 0.551. The number of aliphatic hydroxyl groups excluding tert-OH is 2. The monoisotopic (exact) mass is 601 g/mol. The summed E-state index contributed by atoms with van der Waals surface area (Å²) in [6.07, 6.45) is 6.00. The van der Waals surface area contributed by atoms with Gasteiger partial charge in [-0.05, 0) is 79.5 Å². The zero-order valence-corrected chi connectivity index (χ0v) is 25.4. The predicted molar refractivity (Wildman–Crippen MR) is 164 cm³/mol. The molecule has 1 aliphatic heterocycles. The number of nitrogens with two attached hydrogens (primary N) is 1. The number of thioether (sulfide) groups is 1. The van der Waals surface area contributed by atoms with Crippen molar-refractivity contribution in [1.29, 1.82) is 0 Å². The molecule has 0 unspecified atom stereocenters. The first-order valence-corrected chi connectivity index (χ1v) is 16.2. The Bertz CT molecular complexity index is 1520. The summed E-state index contributed by atoms with van der Waals surface area (Å²) in [5.41, 5.74) is 7.26. The van der Waals surface area contributed by atoms with Crippen LogP contribution in [0.5, 0.6) is 0 Å². The van der Waals surface area contributed by atoms with Crippen LogP contribution in [0.2, 0.25) is 0 Å². The molecule has 43 heavy (non-hydrogen) atoms. The largest absolute Gasteiger partial charge is 0.399 e. The number of aliphatic hydroxyl groups is 2. The molecule has 7 nitrogen and oxygen atoms in total. The normalized spacial score (nSPS) is 39.4. The molecule has 7 rings (SSSR count). The van der Waals surface area contributed by atoms with E-state index in [4.69, 9.17) is 15.2 Å². The predicted octanol–water partition coefficient (Wildman–Crippen LogP) is 5.16. The van der Waals surface area contributed by atoms with Gasteiger partial charge >= 0.3 is 0 Å². The molecule has 9 atom stereocenters. The van der Waals surface area contributed by atoms with E-state index in [2.05, 4.69) is 19.9 Å². The number of carbonyl (C=O) groups is 2. The Kier molecular flexibility index (Phi) is 7.02. The summed E-state index contributed by atoms with van der Waals surface area (Å²) in [6.45, 7) is 3.55. The van der Waals surface area contributed by atoms with Crippen molar-refractivity contribution in [3.8, 4) is 0 Å². The summed E-state index contributed by atoms with van der Waals surface area (Å²) < 4.78 is 13.3. The lowest BCUT2D eigenvalue weighted by atomic mass is 9.46. The zero-order chi connectivity index (χ0) is 30.1. The van der Waals surface area contributed by atoms with Gasteiger partial charge in [0.1, 0.15) is 6.61 Å². The number of allylic oxidation sites excluding steroid dienone is 4. The highest BCUT2D eigenvalue weighted by Crippen LogP contribution is 2.70. The molecule has 0 amide bonds. The quantitative estimate of drug-likeness (QED) is 0.307. The van der Waals surface area contributed by atoms with Crippen molar-refractivity contribution >= 4 is 29.0 Å². The van der Waals surface area contributed by atoms with Crippen LogP contribution >= 0.6 is 11.8 Å². The number of benzene rings is 2. The molecule has 2 aromatic rings. The third kappa shape index (κ3) is 4.32. The van der Waals surface area contributed by atoms with E-state index in [0.717, 1.165) is 45.9 Å². The second-order valence-electron chi connectivity index (χ2n) is 13.4. The number of hydrogen-bond acceptors (Lipinski definition) is 8. The van der Waals surface area contributed by atoms with Crippen molar-refractivity contribution in [1.82, 2.24) is 0 Å². The first kappa shape index (κ1) is 29.0. The molecule has 1 saturated heterocycles. The number of rotatable bonds is 6. The number of Topliss-reactive ketones (excluding diaryl/α,β-unsaturated/α-hetero) is 1. The van der Waals surface area contributed by atoms with Crippen molar-refractivity contribution in [3.63, 3.8) is 0 Å². The number of carbonyl (C=O) groups excluding carboxylic acids is 2.